The van der Waals surface area contributed by atoms with Gasteiger partial charge in [0.05, 0.1) is 6.54 Å². The highest BCUT2D eigenvalue weighted by Crippen LogP contribution is 2.21. The molecule has 1 N–H and O–H groups in total. The van der Waals surface area contributed by atoms with Crippen LogP contribution in [0.25, 0.3) is 11.3 Å². The molecule has 0 fully saturated rings. The summed E-state index contributed by atoms with van der Waals surface area (Å²) in [4.78, 5) is 0. The van der Waals surface area contributed by atoms with Crippen LogP contribution in [-0.4, -0.2) is 6.04 Å². The largest absolute Gasteiger partial charge is 0.460 e. The van der Waals surface area contributed by atoms with Crippen LogP contribution < -0.4 is 5.32 Å². The highest BCUT2D eigenvalue weighted by molar-refractivity contribution is 5.57. The number of hydrogen-bond donors (Lipinski definition) is 1. The summed E-state index contributed by atoms with van der Waals surface area (Å²) in [5.41, 5.74) is 1.13. The van der Waals surface area contributed by atoms with Gasteiger partial charge in [0.1, 0.15) is 11.5 Å². The first-order valence-electron chi connectivity index (χ1n) is 6.17. The Balaban J connectivity index is 2.01. The number of nitrogens with one attached hydrogen (secondary N) is 1. The predicted molar refractivity (Wildman–Crippen MR) is 70.7 cm³/mol. The van der Waals surface area contributed by atoms with Gasteiger partial charge in [-0.05, 0) is 25.5 Å². The lowest BCUT2D eigenvalue weighted by molar-refractivity contribution is 0.457. The molecule has 0 unspecified atom stereocenters. The first kappa shape index (κ1) is 11.9. The Labute approximate surface area is 103 Å². The third-order valence-electron chi connectivity index (χ3n) is 2.96. The second-order valence-corrected chi connectivity index (χ2v) is 4.32. The van der Waals surface area contributed by atoms with Crippen LogP contribution in [0.4, 0.5) is 0 Å². The Morgan fingerprint density at radius 3 is 2.59 bits per heavy atom. The average Bonchev–Trinajstić information content (AvgIpc) is 2.86. The van der Waals surface area contributed by atoms with E-state index in [1.54, 1.807) is 0 Å². The van der Waals surface area contributed by atoms with Crippen molar-refractivity contribution in [1.29, 1.82) is 0 Å². The van der Waals surface area contributed by atoms with Crippen LogP contribution in [0.1, 0.15) is 26.0 Å². The van der Waals surface area contributed by atoms with Gasteiger partial charge in [-0.1, -0.05) is 37.3 Å². The van der Waals surface area contributed by atoms with E-state index in [-0.39, 0.29) is 0 Å². The molecule has 1 aromatic carbocycles. The van der Waals surface area contributed by atoms with Crippen LogP contribution in [-0.2, 0) is 6.54 Å². The van der Waals surface area contributed by atoms with Crippen molar-refractivity contribution in [2.75, 3.05) is 0 Å². The highest BCUT2D eigenvalue weighted by atomic mass is 16.3. The zero-order valence-corrected chi connectivity index (χ0v) is 10.4. The van der Waals surface area contributed by atoms with Crippen molar-refractivity contribution in [3.05, 3.63) is 48.2 Å². The van der Waals surface area contributed by atoms with E-state index >= 15 is 0 Å². The SMILES string of the molecule is CC[C@@H](C)NCc1ccc(-c2ccccc2)o1. The molecule has 2 aromatic rings. The van der Waals surface area contributed by atoms with Crippen LogP contribution in [0.3, 0.4) is 0 Å². The summed E-state index contributed by atoms with van der Waals surface area (Å²) in [5, 5.41) is 3.42. The molecule has 0 aliphatic carbocycles. The Hall–Kier alpha value is -1.54. The molecule has 0 spiro atoms. The molecule has 17 heavy (non-hydrogen) atoms. The first-order valence-corrected chi connectivity index (χ1v) is 6.17. The minimum atomic E-state index is 0.528. The molecule has 0 amide bonds. The summed E-state index contributed by atoms with van der Waals surface area (Å²) in [6.45, 7) is 5.15. The summed E-state index contributed by atoms with van der Waals surface area (Å²) >= 11 is 0. The fourth-order valence-electron chi connectivity index (χ4n) is 1.65. The van der Waals surface area contributed by atoms with Gasteiger partial charge in [0.25, 0.3) is 0 Å². The quantitative estimate of drug-likeness (QED) is 0.842. The van der Waals surface area contributed by atoms with E-state index in [2.05, 4.69) is 31.3 Å². The van der Waals surface area contributed by atoms with Crippen molar-refractivity contribution in [3.8, 4) is 11.3 Å². The highest BCUT2D eigenvalue weighted by Gasteiger charge is 2.05. The van der Waals surface area contributed by atoms with E-state index in [1.165, 1.54) is 0 Å². The lowest BCUT2D eigenvalue weighted by atomic mass is 10.2. The van der Waals surface area contributed by atoms with Crippen molar-refractivity contribution in [3.63, 3.8) is 0 Å². The van der Waals surface area contributed by atoms with Gasteiger partial charge in [0.2, 0.25) is 0 Å². The van der Waals surface area contributed by atoms with Crippen LogP contribution in [0.2, 0.25) is 0 Å². The number of furan rings is 1. The molecule has 1 atom stereocenters. The molecule has 1 heterocycles. The van der Waals surface area contributed by atoms with Crippen molar-refractivity contribution in [2.45, 2.75) is 32.9 Å². The predicted octanol–water partition coefficient (Wildman–Crippen LogP) is 3.83. The summed E-state index contributed by atoms with van der Waals surface area (Å²) in [6.07, 6.45) is 1.13. The molecule has 2 nitrogen and oxygen atoms in total. The molecule has 2 rings (SSSR count). The van der Waals surface area contributed by atoms with Gasteiger partial charge in [-0.25, -0.2) is 0 Å². The second kappa shape index (κ2) is 5.69. The minimum Gasteiger partial charge on any atom is -0.460 e. The molecule has 90 valence electrons. The van der Waals surface area contributed by atoms with Crippen LogP contribution in [0.5, 0.6) is 0 Å². The third kappa shape index (κ3) is 3.21. The van der Waals surface area contributed by atoms with E-state index in [1.807, 2.05) is 30.3 Å². The number of rotatable bonds is 5. The standard InChI is InChI=1S/C15H19NO/c1-3-12(2)16-11-14-9-10-15(17-14)13-7-5-4-6-8-13/h4-10,12,16H,3,11H2,1-2H3/t12-/m1/s1. The fourth-order valence-corrected chi connectivity index (χ4v) is 1.65. The molecular formula is C15H19NO. The van der Waals surface area contributed by atoms with E-state index < -0.39 is 0 Å². The molecule has 1 aromatic heterocycles. The number of hydrogen-bond acceptors (Lipinski definition) is 2. The summed E-state index contributed by atoms with van der Waals surface area (Å²) in [7, 11) is 0. The molecule has 0 bridgehead atoms. The summed E-state index contributed by atoms with van der Waals surface area (Å²) in [6, 6.07) is 14.8. The number of benzene rings is 1. The summed E-state index contributed by atoms with van der Waals surface area (Å²) < 4.78 is 5.80. The van der Waals surface area contributed by atoms with E-state index in [0.717, 1.165) is 30.0 Å². The van der Waals surface area contributed by atoms with Gasteiger partial charge >= 0.3 is 0 Å². The van der Waals surface area contributed by atoms with Crippen molar-refractivity contribution >= 4 is 0 Å². The summed E-state index contributed by atoms with van der Waals surface area (Å²) in [5.74, 6) is 1.93. The van der Waals surface area contributed by atoms with Crippen LogP contribution in [0, 0.1) is 0 Å². The van der Waals surface area contributed by atoms with Gasteiger partial charge in [-0.3, -0.25) is 0 Å². The first-order chi connectivity index (χ1) is 8.29. The van der Waals surface area contributed by atoms with Crippen molar-refractivity contribution in [1.82, 2.24) is 5.32 Å². The van der Waals surface area contributed by atoms with Crippen LogP contribution in [0.15, 0.2) is 46.9 Å². The van der Waals surface area contributed by atoms with Gasteiger partial charge in [-0.2, -0.15) is 0 Å². The van der Waals surface area contributed by atoms with Gasteiger partial charge in [0, 0.05) is 11.6 Å². The molecule has 0 aliphatic heterocycles. The van der Waals surface area contributed by atoms with Gasteiger partial charge in [0.15, 0.2) is 0 Å². The molecule has 0 radical (unpaired) electrons. The Morgan fingerprint density at radius 2 is 1.88 bits per heavy atom. The van der Waals surface area contributed by atoms with E-state index in [4.69, 9.17) is 4.42 Å². The van der Waals surface area contributed by atoms with Gasteiger partial charge in [-0.15, -0.1) is 0 Å². The third-order valence-corrected chi connectivity index (χ3v) is 2.96. The van der Waals surface area contributed by atoms with E-state index in [0.29, 0.717) is 6.04 Å². The Morgan fingerprint density at radius 1 is 1.12 bits per heavy atom. The molecule has 0 saturated carbocycles. The maximum Gasteiger partial charge on any atom is 0.134 e. The second-order valence-electron chi connectivity index (χ2n) is 4.32. The lowest BCUT2D eigenvalue weighted by Crippen LogP contribution is -2.24. The maximum atomic E-state index is 5.80. The lowest BCUT2D eigenvalue weighted by Gasteiger charge is -2.08. The Kier molecular flexibility index (Phi) is 3.99. The Bertz CT molecular complexity index is 447. The molecular weight excluding hydrogens is 210 g/mol. The average molecular weight is 229 g/mol. The van der Waals surface area contributed by atoms with Crippen molar-refractivity contribution in [2.24, 2.45) is 0 Å². The smallest absolute Gasteiger partial charge is 0.134 e. The zero-order valence-electron chi connectivity index (χ0n) is 10.4. The fraction of sp³-hybridized carbons (Fsp3) is 0.333. The molecule has 2 heteroatoms. The molecule has 0 saturated heterocycles. The normalized spacial score (nSPS) is 12.6. The topological polar surface area (TPSA) is 25.2 Å². The van der Waals surface area contributed by atoms with Crippen LogP contribution >= 0.6 is 0 Å². The van der Waals surface area contributed by atoms with E-state index in [9.17, 15) is 0 Å². The van der Waals surface area contributed by atoms with Gasteiger partial charge < -0.3 is 9.73 Å². The minimum absolute atomic E-state index is 0.528. The molecule has 0 aliphatic rings. The maximum absolute atomic E-state index is 5.80. The monoisotopic (exact) mass is 229 g/mol. The zero-order chi connectivity index (χ0) is 12.1. The van der Waals surface area contributed by atoms with Crippen molar-refractivity contribution < 1.29 is 4.42 Å².